The minimum Gasteiger partial charge on any atom is -0.261 e. The number of nitrogens with zero attached hydrogens (tertiary/aromatic N) is 2. The lowest BCUT2D eigenvalue weighted by Crippen LogP contribution is -1.94. The molecular formula is C32H22N2. The zero-order chi connectivity index (χ0) is 22.5. The molecule has 0 radical (unpaired) electrons. The van der Waals surface area contributed by atoms with E-state index in [1.807, 2.05) is 12.4 Å². The molecule has 0 bridgehead atoms. The van der Waals surface area contributed by atoms with E-state index in [1.165, 1.54) is 43.4 Å². The molecule has 0 aliphatic carbocycles. The topological polar surface area (TPSA) is 25.2 Å². The van der Waals surface area contributed by atoms with Gasteiger partial charge in [0, 0.05) is 18.0 Å². The largest absolute Gasteiger partial charge is 0.261 e. The predicted molar refractivity (Wildman–Crippen MR) is 144 cm³/mol. The smallest absolute Gasteiger partial charge is 0.0708 e. The van der Waals surface area contributed by atoms with Gasteiger partial charge in [0.25, 0.3) is 0 Å². The number of aromatic nitrogens is 1. The second-order valence-corrected chi connectivity index (χ2v) is 8.98. The van der Waals surface area contributed by atoms with Gasteiger partial charge in [0.2, 0.25) is 0 Å². The fraction of sp³-hybridized carbons (Fsp3) is 0.0625. The summed E-state index contributed by atoms with van der Waals surface area (Å²) in [6.07, 6.45) is 6.03. The van der Waals surface area contributed by atoms with Gasteiger partial charge in [-0.05, 0) is 86.1 Å². The Bertz CT molecular complexity index is 1730. The van der Waals surface area contributed by atoms with Gasteiger partial charge in [-0.15, -0.1) is 0 Å². The van der Waals surface area contributed by atoms with Crippen LogP contribution >= 0.6 is 0 Å². The maximum atomic E-state index is 4.74. The molecule has 1 aliphatic heterocycles. The van der Waals surface area contributed by atoms with Crippen molar-refractivity contribution in [3.05, 3.63) is 109 Å². The van der Waals surface area contributed by atoms with E-state index in [0.717, 1.165) is 35.3 Å². The molecule has 0 spiro atoms. The van der Waals surface area contributed by atoms with Crippen molar-refractivity contribution in [2.24, 2.45) is 4.99 Å². The van der Waals surface area contributed by atoms with Crippen LogP contribution in [0.3, 0.4) is 0 Å². The van der Waals surface area contributed by atoms with Gasteiger partial charge < -0.3 is 0 Å². The lowest BCUT2D eigenvalue weighted by Gasteiger charge is -2.13. The Hall–Kier alpha value is -4.30. The molecule has 0 saturated heterocycles. The molecule has 7 rings (SSSR count). The molecule has 160 valence electrons. The summed E-state index contributed by atoms with van der Waals surface area (Å²) in [5.41, 5.74) is 6.87. The molecule has 0 unspecified atom stereocenters. The van der Waals surface area contributed by atoms with Crippen LogP contribution in [0.15, 0.2) is 108 Å². The van der Waals surface area contributed by atoms with Crippen LogP contribution in [0.1, 0.15) is 12.0 Å². The van der Waals surface area contributed by atoms with Crippen molar-refractivity contribution in [1.29, 1.82) is 0 Å². The molecule has 34 heavy (non-hydrogen) atoms. The van der Waals surface area contributed by atoms with Crippen molar-refractivity contribution in [3.63, 3.8) is 0 Å². The summed E-state index contributed by atoms with van der Waals surface area (Å²) in [5, 5.41) is 7.71. The molecule has 5 aromatic carbocycles. The second-order valence-electron chi connectivity index (χ2n) is 8.98. The third-order valence-corrected chi connectivity index (χ3v) is 6.99. The summed E-state index contributed by atoms with van der Waals surface area (Å²) in [6.45, 7) is 0. The molecule has 1 aliphatic rings. The molecule has 2 nitrogen and oxygen atoms in total. The van der Waals surface area contributed by atoms with E-state index in [4.69, 9.17) is 4.98 Å². The highest BCUT2D eigenvalue weighted by Crippen LogP contribution is 2.37. The average Bonchev–Trinajstić information content (AvgIpc) is 2.93. The first-order chi connectivity index (χ1) is 16.8. The van der Waals surface area contributed by atoms with Gasteiger partial charge in [0.05, 0.1) is 11.4 Å². The monoisotopic (exact) mass is 434 g/mol. The number of hydrogen-bond acceptors (Lipinski definition) is 2. The van der Waals surface area contributed by atoms with E-state index in [1.54, 1.807) is 0 Å². The SMILES string of the molecule is C1=Nc2cc(-c3ccnc(-c4ccc5c6ccccc6c6ccccc6c5c4)c3)ccc2CC1. The Kier molecular flexibility index (Phi) is 4.31. The average molecular weight is 435 g/mol. The standard InChI is InChI=1S/C32H22N2/c1-2-9-27-25(7-1)26-8-3-4-10-28(26)30-18-24(13-14-29(27)30)32-20-23(15-17-34-32)22-12-11-21-6-5-16-33-31(21)19-22/h1-4,7-20H,5-6H2. The number of aliphatic imine (C=N–C) groups is 1. The maximum absolute atomic E-state index is 4.74. The van der Waals surface area contributed by atoms with Gasteiger partial charge >= 0.3 is 0 Å². The number of benzene rings is 5. The van der Waals surface area contributed by atoms with Crippen molar-refractivity contribution in [3.8, 4) is 22.4 Å². The normalized spacial score (nSPS) is 12.9. The third-order valence-electron chi connectivity index (χ3n) is 6.99. The number of pyridine rings is 1. The fourth-order valence-corrected chi connectivity index (χ4v) is 5.29. The van der Waals surface area contributed by atoms with Crippen LogP contribution in [0.4, 0.5) is 5.69 Å². The first-order valence-corrected chi connectivity index (χ1v) is 11.8. The summed E-state index contributed by atoms with van der Waals surface area (Å²) in [5.74, 6) is 0. The molecular weight excluding hydrogens is 412 g/mol. The Balaban J connectivity index is 1.40. The Labute approximate surface area is 198 Å². The highest BCUT2D eigenvalue weighted by atomic mass is 14.7. The summed E-state index contributed by atoms with van der Waals surface area (Å²) in [7, 11) is 0. The van der Waals surface area contributed by atoms with Crippen molar-refractivity contribution in [2.45, 2.75) is 12.8 Å². The second kappa shape index (κ2) is 7.64. The Morgan fingerprint density at radius 1 is 0.529 bits per heavy atom. The van der Waals surface area contributed by atoms with Crippen molar-refractivity contribution in [1.82, 2.24) is 4.98 Å². The molecule has 0 fully saturated rings. The van der Waals surface area contributed by atoms with Crippen LogP contribution in [0.2, 0.25) is 0 Å². The lowest BCUT2D eigenvalue weighted by atomic mass is 9.92. The van der Waals surface area contributed by atoms with Crippen LogP contribution in [-0.2, 0) is 6.42 Å². The highest BCUT2D eigenvalue weighted by Gasteiger charge is 2.12. The molecule has 0 atom stereocenters. The van der Waals surface area contributed by atoms with E-state index in [9.17, 15) is 0 Å². The third kappa shape index (κ3) is 3.03. The maximum Gasteiger partial charge on any atom is 0.0708 e. The van der Waals surface area contributed by atoms with Gasteiger partial charge in [-0.1, -0.05) is 72.8 Å². The zero-order valence-electron chi connectivity index (χ0n) is 18.7. The van der Waals surface area contributed by atoms with E-state index in [2.05, 4.69) is 102 Å². The van der Waals surface area contributed by atoms with Crippen LogP contribution < -0.4 is 0 Å². The predicted octanol–water partition coefficient (Wildman–Crippen LogP) is 8.52. The molecule has 6 aromatic rings. The minimum absolute atomic E-state index is 0.984. The van der Waals surface area contributed by atoms with Gasteiger partial charge in [-0.2, -0.15) is 0 Å². The molecule has 0 N–H and O–H groups in total. The molecule has 0 saturated carbocycles. The van der Waals surface area contributed by atoms with E-state index in [0.29, 0.717) is 0 Å². The Morgan fingerprint density at radius 3 is 1.94 bits per heavy atom. The Morgan fingerprint density at radius 2 is 1.18 bits per heavy atom. The highest BCUT2D eigenvalue weighted by molar-refractivity contribution is 6.25. The summed E-state index contributed by atoms with van der Waals surface area (Å²) >= 11 is 0. The van der Waals surface area contributed by atoms with Gasteiger partial charge in [0.1, 0.15) is 0 Å². The van der Waals surface area contributed by atoms with Crippen LogP contribution in [-0.4, -0.2) is 11.2 Å². The van der Waals surface area contributed by atoms with E-state index >= 15 is 0 Å². The first kappa shape index (κ1) is 19.2. The first-order valence-electron chi connectivity index (χ1n) is 11.8. The van der Waals surface area contributed by atoms with Crippen LogP contribution in [0, 0.1) is 0 Å². The van der Waals surface area contributed by atoms with Crippen LogP contribution in [0.25, 0.3) is 54.7 Å². The minimum atomic E-state index is 0.984. The van der Waals surface area contributed by atoms with E-state index in [-0.39, 0.29) is 0 Å². The number of aryl methyl sites for hydroxylation is 1. The zero-order valence-corrected chi connectivity index (χ0v) is 18.7. The molecule has 0 amide bonds. The molecule has 1 aromatic heterocycles. The molecule has 2 heteroatoms. The summed E-state index contributed by atoms with van der Waals surface area (Å²) in [4.78, 5) is 9.35. The molecule has 2 heterocycles. The summed E-state index contributed by atoms with van der Waals surface area (Å²) < 4.78 is 0. The van der Waals surface area contributed by atoms with Gasteiger partial charge in [-0.3, -0.25) is 9.98 Å². The summed E-state index contributed by atoms with van der Waals surface area (Å²) in [6, 6.07) is 35.0. The van der Waals surface area contributed by atoms with Gasteiger partial charge in [-0.25, -0.2) is 0 Å². The van der Waals surface area contributed by atoms with Gasteiger partial charge in [0.15, 0.2) is 0 Å². The van der Waals surface area contributed by atoms with Crippen molar-refractivity contribution in [2.75, 3.05) is 0 Å². The fourth-order valence-electron chi connectivity index (χ4n) is 5.29. The number of fused-ring (bicyclic) bond motifs is 7. The van der Waals surface area contributed by atoms with Crippen molar-refractivity contribution >= 4 is 44.2 Å². The number of hydrogen-bond donors (Lipinski definition) is 0. The number of rotatable bonds is 2. The van der Waals surface area contributed by atoms with Crippen LogP contribution in [0.5, 0.6) is 0 Å². The van der Waals surface area contributed by atoms with E-state index < -0.39 is 0 Å². The quantitative estimate of drug-likeness (QED) is 0.251. The van der Waals surface area contributed by atoms with Crippen molar-refractivity contribution < 1.29 is 0 Å². The lowest BCUT2D eigenvalue weighted by molar-refractivity contribution is 1.03.